The molecule has 0 aromatic heterocycles. The highest BCUT2D eigenvalue weighted by molar-refractivity contribution is 5.48. The SMILES string of the molecule is CNc1cccc(Oc2ccccc2)c1. The molecule has 0 saturated carbocycles. The number of benzene rings is 2. The van der Waals surface area contributed by atoms with Crippen molar-refractivity contribution >= 4 is 5.69 Å². The predicted molar refractivity (Wildman–Crippen MR) is 62.5 cm³/mol. The third kappa shape index (κ3) is 2.50. The monoisotopic (exact) mass is 199 g/mol. The molecule has 2 nitrogen and oxygen atoms in total. The molecule has 2 rings (SSSR count). The number of anilines is 1. The first-order chi connectivity index (χ1) is 7.38. The van der Waals surface area contributed by atoms with Crippen LogP contribution in [0.4, 0.5) is 5.69 Å². The summed E-state index contributed by atoms with van der Waals surface area (Å²) in [6.45, 7) is 0. The van der Waals surface area contributed by atoms with Gasteiger partial charge in [0.25, 0.3) is 0 Å². The first-order valence-corrected chi connectivity index (χ1v) is 4.89. The highest BCUT2D eigenvalue weighted by atomic mass is 16.5. The number of hydrogen-bond donors (Lipinski definition) is 1. The summed E-state index contributed by atoms with van der Waals surface area (Å²) in [7, 11) is 1.89. The lowest BCUT2D eigenvalue weighted by molar-refractivity contribution is 0.483. The van der Waals surface area contributed by atoms with E-state index in [9.17, 15) is 0 Å². The van der Waals surface area contributed by atoms with E-state index in [0.717, 1.165) is 17.2 Å². The van der Waals surface area contributed by atoms with E-state index in [4.69, 9.17) is 4.74 Å². The number of hydrogen-bond acceptors (Lipinski definition) is 2. The summed E-state index contributed by atoms with van der Waals surface area (Å²) in [5.41, 5.74) is 1.04. The van der Waals surface area contributed by atoms with Gasteiger partial charge in [-0.1, -0.05) is 24.3 Å². The zero-order chi connectivity index (χ0) is 10.5. The summed E-state index contributed by atoms with van der Waals surface area (Å²) in [5, 5.41) is 3.07. The maximum absolute atomic E-state index is 5.68. The molecule has 0 aliphatic rings. The van der Waals surface area contributed by atoms with Crippen LogP contribution in [0.15, 0.2) is 54.6 Å². The molecule has 0 heterocycles. The first-order valence-electron chi connectivity index (χ1n) is 4.89. The molecule has 0 amide bonds. The van der Waals surface area contributed by atoms with E-state index < -0.39 is 0 Å². The largest absolute Gasteiger partial charge is 0.457 e. The lowest BCUT2D eigenvalue weighted by atomic mass is 10.3. The Morgan fingerprint density at radius 2 is 1.60 bits per heavy atom. The Kier molecular flexibility index (Phi) is 2.88. The van der Waals surface area contributed by atoms with Crippen molar-refractivity contribution in [1.82, 2.24) is 0 Å². The van der Waals surface area contributed by atoms with E-state index in [2.05, 4.69) is 5.32 Å². The van der Waals surface area contributed by atoms with Gasteiger partial charge in [0.1, 0.15) is 11.5 Å². The van der Waals surface area contributed by atoms with Gasteiger partial charge in [-0.2, -0.15) is 0 Å². The molecule has 0 aliphatic carbocycles. The predicted octanol–water partition coefficient (Wildman–Crippen LogP) is 3.52. The highest BCUT2D eigenvalue weighted by Crippen LogP contribution is 2.23. The minimum atomic E-state index is 0.841. The van der Waals surface area contributed by atoms with Crippen molar-refractivity contribution in [3.05, 3.63) is 54.6 Å². The van der Waals surface area contributed by atoms with Crippen LogP contribution in [0.1, 0.15) is 0 Å². The van der Waals surface area contributed by atoms with Crippen LogP contribution in [0.5, 0.6) is 11.5 Å². The zero-order valence-electron chi connectivity index (χ0n) is 8.60. The second kappa shape index (κ2) is 4.51. The molecule has 1 N–H and O–H groups in total. The van der Waals surface area contributed by atoms with Gasteiger partial charge in [0.15, 0.2) is 0 Å². The van der Waals surface area contributed by atoms with Crippen LogP contribution in [0.2, 0.25) is 0 Å². The highest BCUT2D eigenvalue weighted by Gasteiger charge is 1.96. The first kappa shape index (κ1) is 9.59. The van der Waals surface area contributed by atoms with Gasteiger partial charge in [-0.3, -0.25) is 0 Å². The van der Waals surface area contributed by atoms with Crippen molar-refractivity contribution in [2.45, 2.75) is 0 Å². The molecule has 0 unspecified atom stereocenters. The zero-order valence-corrected chi connectivity index (χ0v) is 8.60. The van der Waals surface area contributed by atoms with E-state index in [0.29, 0.717) is 0 Å². The molecular formula is C13H13NO. The average Bonchev–Trinajstić information content (AvgIpc) is 2.31. The van der Waals surface area contributed by atoms with Crippen molar-refractivity contribution in [3.63, 3.8) is 0 Å². The fraction of sp³-hybridized carbons (Fsp3) is 0.0769. The summed E-state index contributed by atoms with van der Waals surface area (Å²) in [6.07, 6.45) is 0. The topological polar surface area (TPSA) is 21.3 Å². The molecule has 2 aromatic carbocycles. The van der Waals surface area contributed by atoms with E-state index >= 15 is 0 Å². The number of rotatable bonds is 3. The van der Waals surface area contributed by atoms with Crippen LogP contribution >= 0.6 is 0 Å². The number of nitrogens with one attached hydrogen (secondary N) is 1. The Hall–Kier alpha value is -1.96. The van der Waals surface area contributed by atoms with Crippen LogP contribution < -0.4 is 10.1 Å². The summed E-state index contributed by atoms with van der Waals surface area (Å²) in [4.78, 5) is 0. The normalized spacial score (nSPS) is 9.67. The molecule has 0 spiro atoms. The van der Waals surface area contributed by atoms with E-state index in [1.54, 1.807) is 0 Å². The van der Waals surface area contributed by atoms with Crippen molar-refractivity contribution < 1.29 is 4.74 Å². The molecule has 0 saturated heterocycles. The van der Waals surface area contributed by atoms with Crippen molar-refractivity contribution in [1.29, 1.82) is 0 Å². The van der Waals surface area contributed by atoms with E-state index in [1.165, 1.54) is 0 Å². The standard InChI is InChI=1S/C13H13NO/c1-14-11-6-5-9-13(10-11)15-12-7-3-2-4-8-12/h2-10,14H,1H3. The Bertz CT molecular complexity index is 426. The summed E-state index contributed by atoms with van der Waals surface area (Å²) < 4.78 is 5.68. The fourth-order valence-electron chi connectivity index (χ4n) is 1.34. The van der Waals surface area contributed by atoms with Gasteiger partial charge in [-0.25, -0.2) is 0 Å². The summed E-state index contributed by atoms with van der Waals surface area (Å²) in [5.74, 6) is 1.69. The van der Waals surface area contributed by atoms with Gasteiger partial charge in [0.2, 0.25) is 0 Å². The van der Waals surface area contributed by atoms with Crippen LogP contribution in [0, 0.1) is 0 Å². The van der Waals surface area contributed by atoms with Crippen molar-refractivity contribution in [2.75, 3.05) is 12.4 Å². The van der Waals surface area contributed by atoms with Gasteiger partial charge >= 0.3 is 0 Å². The Labute approximate surface area is 89.5 Å². The van der Waals surface area contributed by atoms with Gasteiger partial charge in [-0.15, -0.1) is 0 Å². The summed E-state index contributed by atoms with van der Waals surface area (Å²) >= 11 is 0. The maximum Gasteiger partial charge on any atom is 0.129 e. The molecule has 0 atom stereocenters. The minimum absolute atomic E-state index is 0.841. The van der Waals surface area contributed by atoms with Gasteiger partial charge in [-0.05, 0) is 24.3 Å². The molecule has 0 fully saturated rings. The molecule has 2 aromatic rings. The number of para-hydroxylation sites is 1. The lowest BCUT2D eigenvalue weighted by Crippen LogP contribution is -1.88. The van der Waals surface area contributed by atoms with E-state index in [1.807, 2.05) is 61.6 Å². The molecule has 76 valence electrons. The average molecular weight is 199 g/mol. The van der Waals surface area contributed by atoms with Crippen molar-refractivity contribution in [2.24, 2.45) is 0 Å². The van der Waals surface area contributed by atoms with Crippen LogP contribution in [-0.2, 0) is 0 Å². The van der Waals surface area contributed by atoms with Crippen LogP contribution in [0.3, 0.4) is 0 Å². The molecule has 0 aliphatic heterocycles. The van der Waals surface area contributed by atoms with Crippen LogP contribution in [-0.4, -0.2) is 7.05 Å². The third-order valence-electron chi connectivity index (χ3n) is 2.10. The van der Waals surface area contributed by atoms with Crippen molar-refractivity contribution in [3.8, 4) is 11.5 Å². The molecule has 0 bridgehead atoms. The quantitative estimate of drug-likeness (QED) is 0.816. The Balaban J connectivity index is 2.17. The third-order valence-corrected chi connectivity index (χ3v) is 2.10. The molecular weight excluding hydrogens is 186 g/mol. The molecule has 2 heteroatoms. The Morgan fingerprint density at radius 3 is 2.33 bits per heavy atom. The number of ether oxygens (including phenoxy) is 1. The Morgan fingerprint density at radius 1 is 0.867 bits per heavy atom. The molecule has 15 heavy (non-hydrogen) atoms. The maximum atomic E-state index is 5.68. The minimum Gasteiger partial charge on any atom is -0.457 e. The van der Waals surface area contributed by atoms with Gasteiger partial charge in [0.05, 0.1) is 0 Å². The lowest BCUT2D eigenvalue weighted by Gasteiger charge is -2.06. The van der Waals surface area contributed by atoms with Crippen LogP contribution in [0.25, 0.3) is 0 Å². The summed E-state index contributed by atoms with van der Waals surface area (Å²) in [6, 6.07) is 17.6. The van der Waals surface area contributed by atoms with Gasteiger partial charge < -0.3 is 10.1 Å². The van der Waals surface area contributed by atoms with Gasteiger partial charge in [0, 0.05) is 18.8 Å². The molecule has 0 radical (unpaired) electrons. The second-order valence-electron chi connectivity index (χ2n) is 3.19. The fourth-order valence-corrected chi connectivity index (χ4v) is 1.34. The van der Waals surface area contributed by atoms with E-state index in [-0.39, 0.29) is 0 Å². The second-order valence-corrected chi connectivity index (χ2v) is 3.19. The smallest absolute Gasteiger partial charge is 0.129 e.